The van der Waals surface area contributed by atoms with Gasteiger partial charge in [0.15, 0.2) is 0 Å². The topological polar surface area (TPSA) is 80.5 Å². The summed E-state index contributed by atoms with van der Waals surface area (Å²) in [6.07, 6.45) is -1.39. The molecule has 1 aliphatic heterocycles. The molecule has 0 amide bonds. The van der Waals surface area contributed by atoms with E-state index in [1.54, 1.807) is 12.1 Å². The predicted octanol–water partition coefficient (Wildman–Crippen LogP) is 2.53. The molecule has 1 heterocycles. The third-order valence-corrected chi connectivity index (χ3v) is 6.02. The SMILES string of the molecule is Cc1ccc(S(=O)(=O)N2C[C@@H](c3ccc(F)cc3)[C@@H]2[N+](=O)[O-])cc1. The minimum absolute atomic E-state index is 0.00646. The second-order valence-electron chi connectivity index (χ2n) is 5.74. The van der Waals surface area contributed by atoms with Crippen LogP contribution in [0.2, 0.25) is 0 Å². The van der Waals surface area contributed by atoms with E-state index < -0.39 is 32.8 Å². The van der Waals surface area contributed by atoms with Crippen LogP contribution in [0.3, 0.4) is 0 Å². The van der Waals surface area contributed by atoms with Gasteiger partial charge in [0.25, 0.3) is 6.17 Å². The van der Waals surface area contributed by atoms with Gasteiger partial charge in [-0.05, 0) is 36.8 Å². The molecule has 2 aromatic carbocycles. The van der Waals surface area contributed by atoms with Gasteiger partial charge in [0.05, 0.1) is 10.8 Å². The fourth-order valence-corrected chi connectivity index (χ4v) is 4.40. The van der Waals surface area contributed by atoms with Crippen molar-refractivity contribution < 1.29 is 17.7 Å². The van der Waals surface area contributed by atoms with Crippen LogP contribution in [0, 0.1) is 22.9 Å². The van der Waals surface area contributed by atoms with E-state index >= 15 is 0 Å². The van der Waals surface area contributed by atoms with Crippen LogP contribution in [-0.4, -0.2) is 30.4 Å². The molecule has 1 aliphatic rings. The monoisotopic (exact) mass is 350 g/mol. The number of sulfonamides is 1. The molecule has 3 rings (SSSR count). The van der Waals surface area contributed by atoms with Gasteiger partial charge in [-0.2, -0.15) is 0 Å². The zero-order chi connectivity index (χ0) is 17.5. The van der Waals surface area contributed by atoms with E-state index in [9.17, 15) is 22.9 Å². The largest absolute Gasteiger partial charge is 0.289 e. The van der Waals surface area contributed by atoms with Crippen molar-refractivity contribution in [2.75, 3.05) is 6.54 Å². The second-order valence-corrected chi connectivity index (χ2v) is 7.64. The Balaban J connectivity index is 1.91. The summed E-state index contributed by atoms with van der Waals surface area (Å²) >= 11 is 0. The van der Waals surface area contributed by atoms with Gasteiger partial charge < -0.3 is 0 Å². The molecule has 0 saturated carbocycles. The number of rotatable bonds is 4. The number of aryl methyl sites for hydroxylation is 1. The molecule has 24 heavy (non-hydrogen) atoms. The van der Waals surface area contributed by atoms with E-state index in [-0.39, 0.29) is 11.4 Å². The molecule has 6 nitrogen and oxygen atoms in total. The minimum atomic E-state index is -3.94. The maximum Gasteiger partial charge on any atom is 0.289 e. The van der Waals surface area contributed by atoms with E-state index in [2.05, 4.69) is 0 Å². The minimum Gasteiger partial charge on any atom is -0.263 e. The lowest BCUT2D eigenvalue weighted by atomic mass is 9.90. The van der Waals surface area contributed by atoms with Gasteiger partial charge in [0.1, 0.15) is 5.82 Å². The number of benzene rings is 2. The highest BCUT2D eigenvalue weighted by atomic mass is 32.2. The van der Waals surface area contributed by atoms with E-state index in [4.69, 9.17) is 0 Å². The number of hydrogen-bond donors (Lipinski definition) is 0. The lowest BCUT2D eigenvalue weighted by molar-refractivity contribution is -0.563. The predicted molar refractivity (Wildman–Crippen MR) is 85.0 cm³/mol. The van der Waals surface area contributed by atoms with Gasteiger partial charge in [0, 0.05) is 11.5 Å². The second kappa shape index (κ2) is 5.95. The Morgan fingerprint density at radius 2 is 1.71 bits per heavy atom. The average Bonchev–Trinajstić information content (AvgIpc) is 2.48. The maximum absolute atomic E-state index is 13.0. The van der Waals surface area contributed by atoms with E-state index in [0.717, 1.165) is 9.87 Å². The summed E-state index contributed by atoms with van der Waals surface area (Å²) in [6, 6.07) is 11.5. The third kappa shape index (κ3) is 2.78. The Labute approximate surface area is 138 Å². The summed E-state index contributed by atoms with van der Waals surface area (Å²) in [5.74, 6) is -1.04. The zero-order valence-electron chi connectivity index (χ0n) is 12.8. The lowest BCUT2D eigenvalue weighted by Gasteiger charge is -2.40. The van der Waals surface area contributed by atoms with E-state index in [0.29, 0.717) is 5.56 Å². The maximum atomic E-state index is 13.0. The van der Waals surface area contributed by atoms with Crippen molar-refractivity contribution in [1.82, 2.24) is 4.31 Å². The van der Waals surface area contributed by atoms with Gasteiger partial charge >= 0.3 is 0 Å². The number of hydrogen-bond acceptors (Lipinski definition) is 4. The molecule has 0 bridgehead atoms. The molecule has 0 radical (unpaired) electrons. The lowest BCUT2D eigenvalue weighted by Crippen LogP contribution is -2.60. The van der Waals surface area contributed by atoms with Crippen LogP contribution in [-0.2, 0) is 10.0 Å². The molecule has 1 saturated heterocycles. The van der Waals surface area contributed by atoms with Gasteiger partial charge in [-0.15, -0.1) is 4.31 Å². The van der Waals surface area contributed by atoms with Crippen LogP contribution in [0.15, 0.2) is 53.4 Å². The molecule has 2 atom stereocenters. The smallest absolute Gasteiger partial charge is 0.263 e. The van der Waals surface area contributed by atoms with Crippen LogP contribution < -0.4 is 0 Å². The molecular weight excluding hydrogens is 335 g/mol. The number of nitro groups is 1. The first-order valence-electron chi connectivity index (χ1n) is 7.28. The highest BCUT2D eigenvalue weighted by Gasteiger charge is 2.55. The normalized spacial score (nSPS) is 21.2. The standard InChI is InChI=1S/C16H15FN2O4S/c1-11-2-8-14(9-3-11)24(22,23)18-10-15(16(18)19(20)21)12-4-6-13(17)7-5-12/h2-9,15-16H,10H2,1H3/t15-,16-/m0/s1. The molecule has 0 spiro atoms. The molecule has 1 fully saturated rings. The van der Waals surface area contributed by atoms with Gasteiger partial charge in [-0.1, -0.05) is 29.8 Å². The van der Waals surface area contributed by atoms with Gasteiger partial charge in [-0.25, -0.2) is 12.8 Å². The first-order valence-corrected chi connectivity index (χ1v) is 8.72. The van der Waals surface area contributed by atoms with Crippen molar-refractivity contribution in [3.8, 4) is 0 Å². The first-order chi connectivity index (χ1) is 11.3. The molecule has 126 valence electrons. The Bertz CT molecular complexity index is 866. The average molecular weight is 350 g/mol. The van der Waals surface area contributed by atoms with Crippen molar-refractivity contribution in [2.45, 2.75) is 23.9 Å². The third-order valence-electron chi connectivity index (χ3n) is 4.17. The van der Waals surface area contributed by atoms with Crippen LogP contribution >= 0.6 is 0 Å². The molecule has 0 unspecified atom stereocenters. The molecule has 8 heteroatoms. The van der Waals surface area contributed by atoms with Crippen molar-refractivity contribution in [3.63, 3.8) is 0 Å². The highest BCUT2D eigenvalue weighted by Crippen LogP contribution is 2.38. The summed E-state index contributed by atoms with van der Waals surface area (Å²) in [6.45, 7) is 1.82. The zero-order valence-corrected chi connectivity index (χ0v) is 13.6. The fourth-order valence-electron chi connectivity index (χ4n) is 2.78. The highest BCUT2D eigenvalue weighted by molar-refractivity contribution is 7.89. The van der Waals surface area contributed by atoms with Crippen molar-refractivity contribution in [3.05, 3.63) is 75.6 Å². The summed E-state index contributed by atoms with van der Waals surface area (Å²) in [7, 11) is -3.94. The Morgan fingerprint density at radius 3 is 2.25 bits per heavy atom. The van der Waals surface area contributed by atoms with E-state index in [1.165, 1.54) is 36.4 Å². The van der Waals surface area contributed by atoms with Crippen LogP contribution in [0.4, 0.5) is 4.39 Å². The van der Waals surface area contributed by atoms with E-state index in [1.807, 2.05) is 6.92 Å². The quantitative estimate of drug-likeness (QED) is 0.627. The Kier molecular flexibility index (Phi) is 4.10. The molecule has 2 aromatic rings. The summed E-state index contributed by atoms with van der Waals surface area (Å²) in [5, 5.41) is 11.4. The molecule has 0 aromatic heterocycles. The summed E-state index contributed by atoms with van der Waals surface area (Å²) < 4.78 is 39.2. The fraction of sp³-hybridized carbons (Fsp3) is 0.250. The molecular formula is C16H15FN2O4S. The van der Waals surface area contributed by atoms with Crippen molar-refractivity contribution in [1.29, 1.82) is 0 Å². The van der Waals surface area contributed by atoms with Crippen LogP contribution in [0.25, 0.3) is 0 Å². The first kappa shape index (κ1) is 16.5. The Hall–Kier alpha value is -2.32. The van der Waals surface area contributed by atoms with Gasteiger partial charge in [-0.3, -0.25) is 10.1 Å². The number of nitrogens with zero attached hydrogens (tertiary/aromatic N) is 2. The summed E-state index contributed by atoms with van der Waals surface area (Å²) in [4.78, 5) is 10.8. The number of halogens is 1. The summed E-state index contributed by atoms with van der Waals surface area (Å²) in [5.41, 5.74) is 1.45. The van der Waals surface area contributed by atoms with Gasteiger partial charge in [0.2, 0.25) is 10.0 Å². The molecule has 0 aliphatic carbocycles. The van der Waals surface area contributed by atoms with Crippen molar-refractivity contribution in [2.24, 2.45) is 0 Å². The molecule has 0 N–H and O–H groups in total. The van der Waals surface area contributed by atoms with Crippen LogP contribution in [0.5, 0.6) is 0 Å². The van der Waals surface area contributed by atoms with Crippen molar-refractivity contribution >= 4 is 10.0 Å². The Morgan fingerprint density at radius 1 is 1.12 bits per heavy atom. The van der Waals surface area contributed by atoms with Crippen LogP contribution in [0.1, 0.15) is 17.0 Å².